The molecule has 1 aliphatic rings. The summed E-state index contributed by atoms with van der Waals surface area (Å²) in [6, 6.07) is 5.69. The number of hydrogen-bond acceptors (Lipinski definition) is 3. The van der Waals surface area contributed by atoms with Gasteiger partial charge in [-0.05, 0) is 25.0 Å². The Morgan fingerprint density at radius 3 is 2.62 bits per heavy atom. The lowest BCUT2D eigenvalue weighted by Crippen LogP contribution is -2.12. The van der Waals surface area contributed by atoms with Gasteiger partial charge < -0.3 is 10.5 Å². The molecule has 1 fully saturated rings. The number of ether oxygens (including phenoxy) is 1. The van der Waals surface area contributed by atoms with E-state index >= 15 is 0 Å². The van der Waals surface area contributed by atoms with Gasteiger partial charge in [0.05, 0.1) is 18.4 Å². The zero-order valence-electron chi connectivity index (χ0n) is 9.69. The van der Waals surface area contributed by atoms with E-state index in [4.69, 9.17) is 10.5 Å². The maximum absolute atomic E-state index is 5.89. The minimum absolute atomic E-state index is 0.422. The highest BCUT2D eigenvalue weighted by Crippen LogP contribution is 2.20. The molecule has 1 saturated carbocycles. The van der Waals surface area contributed by atoms with E-state index in [9.17, 15) is 0 Å². The molecule has 0 amide bonds. The molecule has 0 aromatic carbocycles. The van der Waals surface area contributed by atoms with Crippen molar-refractivity contribution in [2.24, 2.45) is 0 Å². The summed E-state index contributed by atoms with van der Waals surface area (Å²) in [5.74, 6) is 0.571. The Morgan fingerprint density at radius 2 is 1.94 bits per heavy atom. The van der Waals surface area contributed by atoms with Crippen molar-refractivity contribution in [1.29, 1.82) is 0 Å². The highest BCUT2D eigenvalue weighted by molar-refractivity contribution is 5.28. The van der Waals surface area contributed by atoms with Gasteiger partial charge in [-0.2, -0.15) is 0 Å². The molecule has 2 rings (SSSR count). The van der Waals surface area contributed by atoms with E-state index in [0.29, 0.717) is 18.5 Å². The zero-order valence-corrected chi connectivity index (χ0v) is 9.69. The van der Waals surface area contributed by atoms with Crippen molar-refractivity contribution in [1.82, 2.24) is 4.98 Å². The molecule has 0 atom stereocenters. The van der Waals surface area contributed by atoms with Gasteiger partial charge in [-0.1, -0.05) is 31.7 Å². The lowest BCUT2D eigenvalue weighted by molar-refractivity contribution is 0.0293. The standard InChI is InChI=1S/C13H20N2O/c14-13-9-5-6-11(15-13)10-16-12-7-3-1-2-4-8-12/h5-6,9,12H,1-4,7-8,10H2,(H2,14,15). The van der Waals surface area contributed by atoms with Gasteiger partial charge in [0.2, 0.25) is 0 Å². The average molecular weight is 220 g/mol. The third-order valence-electron chi connectivity index (χ3n) is 3.10. The lowest BCUT2D eigenvalue weighted by atomic mass is 10.1. The second-order valence-corrected chi connectivity index (χ2v) is 4.48. The van der Waals surface area contributed by atoms with Crippen molar-refractivity contribution in [3.8, 4) is 0 Å². The molecule has 0 bridgehead atoms. The molecule has 2 N–H and O–H groups in total. The molecule has 0 unspecified atom stereocenters. The highest BCUT2D eigenvalue weighted by Gasteiger charge is 2.12. The van der Waals surface area contributed by atoms with E-state index in [1.165, 1.54) is 38.5 Å². The molecule has 3 heteroatoms. The monoisotopic (exact) mass is 220 g/mol. The number of nitrogen functional groups attached to an aromatic ring is 1. The fourth-order valence-electron chi connectivity index (χ4n) is 2.19. The van der Waals surface area contributed by atoms with E-state index < -0.39 is 0 Å². The molecule has 1 heterocycles. The first-order valence-corrected chi connectivity index (χ1v) is 6.17. The number of rotatable bonds is 3. The van der Waals surface area contributed by atoms with Crippen molar-refractivity contribution in [2.45, 2.75) is 51.2 Å². The minimum atomic E-state index is 0.422. The van der Waals surface area contributed by atoms with Crippen LogP contribution >= 0.6 is 0 Å². The van der Waals surface area contributed by atoms with E-state index in [1.54, 1.807) is 6.07 Å². The van der Waals surface area contributed by atoms with Crippen LogP contribution in [0.25, 0.3) is 0 Å². The number of nitrogens with two attached hydrogens (primary N) is 1. The molecular formula is C13H20N2O. The summed E-state index contributed by atoms with van der Waals surface area (Å²) in [6.45, 7) is 0.593. The Balaban J connectivity index is 1.81. The second-order valence-electron chi connectivity index (χ2n) is 4.48. The van der Waals surface area contributed by atoms with Crippen LogP contribution in [0.5, 0.6) is 0 Å². The van der Waals surface area contributed by atoms with Gasteiger partial charge >= 0.3 is 0 Å². The molecule has 3 nitrogen and oxygen atoms in total. The van der Waals surface area contributed by atoms with Crippen molar-refractivity contribution in [2.75, 3.05) is 5.73 Å². The Kier molecular flexibility index (Phi) is 4.17. The Bertz CT molecular complexity index is 319. The number of pyridine rings is 1. The fraction of sp³-hybridized carbons (Fsp3) is 0.615. The average Bonchev–Trinajstić information content (AvgIpc) is 2.55. The number of aromatic nitrogens is 1. The quantitative estimate of drug-likeness (QED) is 0.797. The summed E-state index contributed by atoms with van der Waals surface area (Å²) in [4.78, 5) is 4.23. The van der Waals surface area contributed by atoms with Crippen LogP contribution in [0.3, 0.4) is 0 Å². The molecule has 0 radical (unpaired) electrons. The smallest absolute Gasteiger partial charge is 0.123 e. The summed E-state index contributed by atoms with van der Waals surface area (Å²) >= 11 is 0. The molecule has 1 aromatic rings. The number of hydrogen-bond donors (Lipinski definition) is 1. The van der Waals surface area contributed by atoms with Crippen LogP contribution in [0.1, 0.15) is 44.2 Å². The second kappa shape index (κ2) is 5.85. The zero-order chi connectivity index (χ0) is 11.2. The van der Waals surface area contributed by atoms with Crippen LogP contribution in [0.2, 0.25) is 0 Å². The summed E-state index contributed by atoms with van der Waals surface area (Å²) in [6.07, 6.45) is 8.13. The van der Waals surface area contributed by atoms with Gasteiger partial charge in [-0.15, -0.1) is 0 Å². The summed E-state index contributed by atoms with van der Waals surface area (Å²) < 4.78 is 5.89. The Hall–Kier alpha value is -1.09. The van der Waals surface area contributed by atoms with E-state index in [-0.39, 0.29) is 0 Å². The summed E-state index contributed by atoms with van der Waals surface area (Å²) in [5, 5.41) is 0. The maximum atomic E-state index is 5.89. The first-order chi connectivity index (χ1) is 7.84. The van der Waals surface area contributed by atoms with E-state index in [2.05, 4.69) is 4.98 Å². The minimum Gasteiger partial charge on any atom is -0.384 e. The third kappa shape index (κ3) is 3.49. The van der Waals surface area contributed by atoms with Gasteiger partial charge in [-0.3, -0.25) is 0 Å². The Morgan fingerprint density at radius 1 is 1.19 bits per heavy atom. The summed E-state index contributed by atoms with van der Waals surface area (Å²) in [7, 11) is 0. The topological polar surface area (TPSA) is 48.1 Å². The molecular weight excluding hydrogens is 200 g/mol. The van der Waals surface area contributed by atoms with Gasteiger partial charge in [0.1, 0.15) is 5.82 Å². The first-order valence-electron chi connectivity index (χ1n) is 6.17. The Labute approximate surface area is 97.0 Å². The largest absolute Gasteiger partial charge is 0.384 e. The van der Waals surface area contributed by atoms with Crippen LogP contribution in [0.15, 0.2) is 18.2 Å². The van der Waals surface area contributed by atoms with Crippen molar-refractivity contribution in [3.63, 3.8) is 0 Å². The van der Waals surface area contributed by atoms with Crippen LogP contribution < -0.4 is 5.73 Å². The van der Waals surface area contributed by atoms with Gasteiger partial charge in [0, 0.05) is 0 Å². The fourth-order valence-corrected chi connectivity index (χ4v) is 2.19. The van der Waals surface area contributed by atoms with Crippen molar-refractivity contribution < 1.29 is 4.74 Å². The predicted octanol–water partition coefficient (Wildman–Crippen LogP) is 2.90. The molecule has 0 spiro atoms. The van der Waals surface area contributed by atoms with Gasteiger partial charge in [-0.25, -0.2) is 4.98 Å². The van der Waals surface area contributed by atoms with Crippen molar-refractivity contribution in [3.05, 3.63) is 23.9 Å². The molecule has 0 saturated heterocycles. The van der Waals surface area contributed by atoms with Crippen LogP contribution in [0.4, 0.5) is 5.82 Å². The predicted molar refractivity (Wildman–Crippen MR) is 64.9 cm³/mol. The van der Waals surface area contributed by atoms with Crippen LogP contribution in [-0.2, 0) is 11.3 Å². The number of nitrogens with zero attached hydrogens (tertiary/aromatic N) is 1. The van der Waals surface area contributed by atoms with E-state index in [0.717, 1.165) is 5.69 Å². The number of anilines is 1. The van der Waals surface area contributed by atoms with Crippen LogP contribution in [-0.4, -0.2) is 11.1 Å². The molecule has 1 aromatic heterocycles. The maximum Gasteiger partial charge on any atom is 0.123 e. The van der Waals surface area contributed by atoms with E-state index in [1.807, 2.05) is 12.1 Å². The molecule has 88 valence electrons. The van der Waals surface area contributed by atoms with Gasteiger partial charge in [0.25, 0.3) is 0 Å². The highest BCUT2D eigenvalue weighted by atomic mass is 16.5. The normalized spacial score (nSPS) is 18.2. The molecule has 0 aliphatic heterocycles. The summed E-state index contributed by atoms with van der Waals surface area (Å²) in [5.41, 5.74) is 6.56. The van der Waals surface area contributed by atoms with Crippen LogP contribution in [0, 0.1) is 0 Å². The van der Waals surface area contributed by atoms with Crippen molar-refractivity contribution >= 4 is 5.82 Å². The first kappa shape index (κ1) is 11.4. The van der Waals surface area contributed by atoms with Gasteiger partial charge in [0.15, 0.2) is 0 Å². The molecule has 16 heavy (non-hydrogen) atoms. The lowest BCUT2D eigenvalue weighted by Gasteiger charge is -2.14. The SMILES string of the molecule is Nc1cccc(COC2CCCCCC2)n1. The third-order valence-corrected chi connectivity index (χ3v) is 3.10. The molecule has 1 aliphatic carbocycles.